The first-order chi connectivity index (χ1) is 11.0. The molecule has 2 rings (SSSR count). The molecule has 0 unspecified atom stereocenters. The number of nitro benzene ring substituents is 1. The van der Waals surface area contributed by atoms with Crippen LogP contribution in [0.3, 0.4) is 0 Å². The number of benzene rings is 1. The minimum absolute atomic E-state index is 0.0294. The highest BCUT2D eigenvalue weighted by Crippen LogP contribution is 2.12. The van der Waals surface area contributed by atoms with E-state index < -0.39 is 4.92 Å². The molecule has 0 amide bonds. The van der Waals surface area contributed by atoms with Crippen molar-refractivity contribution in [3.8, 4) is 5.75 Å². The molecule has 0 atom stereocenters. The van der Waals surface area contributed by atoms with Crippen LogP contribution in [-0.4, -0.2) is 17.3 Å². The number of rotatable bonds is 7. The highest BCUT2D eigenvalue weighted by Gasteiger charge is 2.14. The van der Waals surface area contributed by atoms with Gasteiger partial charge in [0.15, 0.2) is 11.9 Å². The monoisotopic (exact) mass is 315 g/mol. The van der Waals surface area contributed by atoms with Crippen molar-refractivity contribution in [1.82, 2.24) is 0 Å². The SMILES string of the molecule is CC(C)COc1ccc[n+](CC(=O)c2ccc([N+](=O)[O-])cc2)c1. The molecule has 0 bridgehead atoms. The molecule has 0 saturated heterocycles. The third-order valence-corrected chi connectivity index (χ3v) is 3.14. The molecular formula is C17H19N2O4+. The smallest absolute Gasteiger partial charge is 0.269 e. The summed E-state index contributed by atoms with van der Waals surface area (Å²) in [4.78, 5) is 22.4. The predicted molar refractivity (Wildman–Crippen MR) is 84.4 cm³/mol. The standard InChI is InChI=1S/C17H19N2O4/c1-13(2)12-23-16-4-3-9-18(10-16)11-17(20)14-5-7-15(8-6-14)19(21)22/h3-10,13H,11-12H2,1-2H3/q+1. The van der Waals surface area contributed by atoms with Gasteiger partial charge in [-0.25, -0.2) is 0 Å². The lowest BCUT2D eigenvalue weighted by atomic mass is 10.1. The molecule has 0 saturated carbocycles. The molecule has 6 heteroatoms. The maximum atomic E-state index is 12.2. The van der Waals surface area contributed by atoms with Crippen molar-refractivity contribution in [2.75, 3.05) is 6.61 Å². The van der Waals surface area contributed by atoms with Gasteiger partial charge >= 0.3 is 0 Å². The van der Waals surface area contributed by atoms with Crippen molar-refractivity contribution >= 4 is 11.5 Å². The molecule has 120 valence electrons. The second kappa shape index (κ2) is 7.49. The van der Waals surface area contributed by atoms with Crippen LogP contribution in [0.1, 0.15) is 24.2 Å². The summed E-state index contributed by atoms with van der Waals surface area (Å²) in [7, 11) is 0. The third kappa shape index (κ3) is 4.88. The Morgan fingerprint density at radius 2 is 1.96 bits per heavy atom. The molecule has 0 aliphatic carbocycles. The van der Waals surface area contributed by atoms with Crippen molar-refractivity contribution in [1.29, 1.82) is 0 Å². The van der Waals surface area contributed by atoms with Crippen molar-refractivity contribution in [2.24, 2.45) is 5.92 Å². The van der Waals surface area contributed by atoms with Gasteiger partial charge in [0.2, 0.25) is 18.5 Å². The Balaban J connectivity index is 2.04. The van der Waals surface area contributed by atoms with Gasteiger partial charge in [-0.05, 0) is 24.1 Å². The van der Waals surface area contributed by atoms with E-state index in [0.29, 0.717) is 23.8 Å². The highest BCUT2D eigenvalue weighted by molar-refractivity contribution is 5.95. The molecule has 0 aliphatic heterocycles. The molecule has 23 heavy (non-hydrogen) atoms. The Morgan fingerprint density at radius 1 is 1.26 bits per heavy atom. The van der Waals surface area contributed by atoms with E-state index in [1.165, 1.54) is 24.3 Å². The number of hydrogen-bond acceptors (Lipinski definition) is 4. The number of carbonyl (C=O) groups excluding carboxylic acids is 1. The molecule has 0 radical (unpaired) electrons. The molecule has 1 heterocycles. The largest absolute Gasteiger partial charge is 0.487 e. The first kappa shape index (κ1) is 16.6. The lowest BCUT2D eigenvalue weighted by Gasteiger charge is -2.07. The fourth-order valence-corrected chi connectivity index (χ4v) is 1.97. The van der Waals surface area contributed by atoms with Gasteiger partial charge in [0, 0.05) is 23.8 Å². The number of non-ortho nitro benzene ring substituents is 1. The molecule has 1 aromatic heterocycles. The molecule has 0 spiro atoms. The van der Waals surface area contributed by atoms with Crippen LogP contribution in [0.15, 0.2) is 48.8 Å². The van der Waals surface area contributed by atoms with Crippen LogP contribution in [0.25, 0.3) is 0 Å². The number of ketones is 1. The number of aromatic nitrogens is 1. The van der Waals surface area contributed by atoms with Crippen LogP contribution >= 0.6 is 0 Å². The number of Topliss-reactive ketones (excluding diaryl/α,β-unsaturated/α-hetero) is 1. The summed E-state index contributed by atoms with van der Waals surface area (Å²) in [5.74, 6) is 1.01. The Kier molecular flexibility index (Phi) is 5.41. The van der Waals surface area contributed by atoms with E-state index in [2.05, 4.69) is 13.8 Å². The van der Waals surface area contributed by atoms with Gasteiger partial charge < -0.3 is 4.74 Å². The summed E-state index contributed by atoms with van der Waals surface area (Å²) in [6, 6.07) is 9.27. The molecule has 1 aromatic carbocycles. The van der Waals surface area contributed by atoms with E-state index in [9.17, 15) is 14.9 Å². The van der Waals surface area contributed by atoms with Crippen LogP contribution in [0.2, 0.25) is 0 Å². The fraction of sp³-hybridized carbons (Fsp3) is 0.294. The second-order valence-electron chi connectivity index (χ2n) is 5.64. The summed E-state index contributed by atoms with van der Waals surface area (Å²) in [5.41, 5.74) is 0.412. The second-order valence-corrected chi connectivity index (χ2v) is 5.64. The van der Waals surface area contributed by atoms with Crippen LogP contribution < -0.4 is 9.30 Å². The van der Waals surface area contributed by atoms with Crippen LogP contribution in [0.5, 0.6) is 5.75 Å². The minimum atomic E-state index is -0.488. The highest BCUT2D eigenvalue weighted by atomic mass is 16.6. The lowest BCUT2D eigenvalue weighted by molar-refractivity contribution is -0.683. The van der Waals surface area contributed by atoms with Crippen molar-refractivity contribution in [3.63, 3.8) is 0 Å². The number of nitrogens with zero attached hydrogens (tertiary/aromatic N) is 2. The quantitative estimate of drug-likeness (QED) is 0.341. The Labute approximate surface area is 134 Å². The number of carbonyl (C=O) groups is 1. The van der Waals surface area contributed by atoms with Gasteiger partial charge in [-0.1, -0.05) is 13.8 Å². The average Bonchev–Trinajstić information content (AvgIpc) is 2.53. The predicted octanol–water partition coefficient (Wildman–Crippen LogP) is 2.80. The molecule has 2 aromatic rings. The van der Waals surface area contributed by atoms with Crippen LogP contribution in [0, 0.1) is 16.0 Å². The van der Waals surface area contributed by atoms with Crippen LogP contribution in [-0.2, 0) is 6.54 Å². The van der Waals surface area contributed by atoms with Crippen molar-refractivity contribution in [3.05, 3.63) is 64.5 Å². The zero-order valence-electron chi connectivity index (χ0n) is 13.1. The van der Waals surface area contributed by atoms with Gasteiger partial charge in [0.25, 0.3) is 5.69 Å². The van der Waals surface area contributed by atoms with Gasteiger partial charge in [0.05, 0.1) is 11.5 Å². The van der Waals surface area contributed by atoms with E-state index in [1.54, 1.807) is 17.0 Å². The Morgan fingerprint density at radius 3 is 2.57 bits per heavy atom. The van der Waals surface area contributed by atoms with Crippen LogP contribution in [0.4, 0.5) is 5.69 Å². The summed E-state index contributed by atoms with van der Waals surface area (Å²) >= 11 is 0. The summed E-state index contributed by atoms with van der Waals surface area (Å²) in [6.45, 7) is 4.89. The maximum Gasteiger partial charge on any atom is 0.269 e. The number of ether oxygens (including phenoxy) is 1. The number of hydrogen-bond donors (Lipinski definition) is 0. The van der Waals surface area contributed by atoms with Crippen molar-refractivity contribution < 1.29 is 19.0 Å². The molecule has 6 nitrogen and oxygen atoms in total. The zero-order chi connectivity index (χ0) is 16.8. The molecule has 0 fully saturated rings. The van der Waals surface area contributed by atoms with E-state index in [0.717, 1.165) is 0 Å². The number of pyridine rings is 1. The molecular weight excluding hydrogens is 296 g/mol. The van der Waals surface area contributed by atoms with E-state index in [1.807, 2.05) is 12.1 Å². The first-order valence-corrected chi connectivity index (χ1v) is 7.35. The third-order valence-electron chi connectivity index (χ3n) is 3.14. The van der Waals surface area contributed by atoms with E-state index in [-0.39, 0.29) is 18.0 Å². The maximum absolute atomic E-state index is 12.2. The normalized spacial score (nSPS) is 10.6. The Bertz CT molecular complexity index is 696. The lowest BCUT2D eigenvalue weighted by Crippen LogP contribution is -2.37. The zero-order valence-corrected chi connectivity index (χ0v) is 13.1. The Hall–Kier alpha value is -2.76. The topological polar surface area (TPSA) is 73.3 Å². The van der Waals surface area contributed by atoms with E-state index in [4.69, 9.17) is 4.74 Å². The molecule has 0 N–H and O–H groups in total. The van der Waals surface area contributed by atoms with E-state index >= 15 is 0 Å². The summed E-state index contributed by atoms with van der Waals surface area (Å²) in [6.07, 6.45) is 3.55. The number of nitro groups is 1. The van der Waals surface area contributed by atoms with Crippen molar-refractivity contribution in [2.45, 2.75) is 20.4 Å². The van der Waals surface area contributed by atoms with Gasteiger partial charge in [-0.15, -0.1) is 0 Å². The average molecular weight is 315 g/mol. The van der Waals surface area contributed by atoms with Gasteiger partial charge in [-0.3, -0.25) is 14.9 Å². The molecule has 0 aliphatic rings. The van der Waals surface area contributed by atoms with Gasteiger partial charge in [-0.2, -0.15) is 4.57 Å². The minimum Gasteiger partial charge on any atom is -0.487 e. The first-order valence-electron chi connectivity index (χ1n) is 7.35. The fourth-order valence-electron chi connectivity index (χ4n) is 1.97. The summed E-state index contributed by atoms with van der Waals surface area (Å²) < 4.78 is 7.37. The summed E-state index contributed by atoms with van der Waals surface area (Å²) in [5, 5.41) is 10.6. The van der Waals surface area contributed by atoms with Gasteiger partial charge in [0.1, 0.15) is 0 Å².